The largest absolute Gasteiger partial charge is 0.481 e. The van der Waals surface area contributed by atoms with Crippen LogP contribution in [0.2, 0.25) is 0 Å². The van der Waals surface area contributed by atoms with Gasteiger partial charge < -0.3 is 10.0 Å². The molecule has 2 aliphatic rings. The van der Waals surface area contributed by atoms with E-state index in [1.165, 1.54) is 32.1 Å². The molecule has 3 heteroatoms. The molecule has 0 unspecified atom stereocenters. The molecule has 17 heavy (non-hydrogen) atoms. The monoisotopic (exact) mass is 239 g/mol. The Morgan fingerprint density at radius 3 is 2.18 bits per heavy atom. The van der Waals surface area contributed by atoms with Crippen molar-refractivity contribution in [1.82, 2.24) is 4.90 Å². The summed E-state index contributed by atoms with van der Waals surface area (Å²) in [5.41, 5.74) is 0. The molecule has 0 bridgehead atoms. The Kier molecular flexibility index (Phi) is 4.43. The van der Waals surface area contributed by atoms with Crippen LogP contribution >= 0.6 is 0 Å². The average Bonchev–Trinajstić information content (AvgIpc) is 2.39. The SMILES string of the molecule is CCC1CCC(N2CCC(C(=O)O)CC2)CC1. The second-order valence-electron chi connectivity index (χ2n) is 5.73. The summed E-state index contributed by atoms with van der Waals surface area (Å²) in [4.78, 5) is 13.4. The van der Waals surface area contributed by atoms with Crippen LogP contribution in [0, 0.1) is 11.8 Å². The lowest BCUT2D eigenvalue weighted by molar-refractivity contribution is -0.143. The van der Waals surface area contributed by atoms with E-state index in [0.29, 0.717) is 0 Å². The van der Waals surface area contributed by atoms with Gasteiger partial charge in [-0.3, -0.25) is 4.79 Å². The van der Waals surface area contributed by atoms with Crippen molar-refractivity contribution in [2.24, 2.45) is 11.8 Å². The van der Waals surface area contributed by atoms with Gasteiger partial charge in [0.25, 0.3) is 0 Å². The summed E-state index contributed by atoms with van der Waals surface area (Å²) in [5.74, 6) is 0.264. The summed E-state index contributed by atoms with van der Waals surface area (Å²) in [7, 11) is 0. The quantitative estimate of drug-likeness (QED) is 0.823. The number of rotatable bonds is 3. The van der Waals surface area contributed by atoms with E-state index in [1.807, 2.05) is 0 Å². The van der Waals surface area contributed by atoms with Gasteiger partial charge in [0.1, 0.15) is 0 Å². The van der Waals surface area contributed by atoms with E-state index < -0.39 is 5.97 Å². The average molecular weight is 239 g/mol. The van der Waals surface area contributed by atoms with E-state index in [9.17, 15) is 4.79 Å². The minimum absolute atomic E-state index is 0.0850. The van der Waals surface area contributed by atoms with Gasteiger partial charge in [-0.2, -0.15) is 0 Å². The normalized spacial score (nSPS) is 32.5. The van der Waals surface area contributed by atoms with Crippen molar-refractivity contribution in [3.8, 4) is 0 Å². The number of nitrogens with zero attached hydrogens (tertiary/aromatic N) is 1. The topological polar surface area (TPSA) is 40.5 Å². The van der Waals surface area contributed by atoms with Crippen LogP contribution in [0.1, 0.15) is 51.9 Å². The van der Waals surface area contributed by atoms with Crippen LogP contribution in [0.5, 0.6) is 0 Å². The fraction of sp³-hybridized carbons (Fsp3) is 0.929. The summed E-state index contributed by atoms with van der Waals surface area (Å²) < 4.78 is 0. The lowest BCUT2D eigenvalue weighted by Gasteiger charge is -2.40. The molecule has 0 radical (unpaired) electrons. The van der Waals surface area contributed by atoms with Crippen molar-refractivity contribution >= 4 is 5.97 Å². The Hall–Kier alpha value is -0.570. The number of hydrogen-bond acceptors (Lipinski definition) is 2. The van der Waals surface area contributed by atoms with Crippen LogP contribution in [0.25, 0.3) is 0 Å². The third-order valence-electron chi connectivity index (χ3n) is 4.79. The van der Waals surface area contributed by atoms with Gasteiger partial charge in [-0.05, 0) is 57.5 Å². The van der Waals surface area contributed by atoms with Crippen molar-refractivity contribution in [3.05, 3.63) is 0 Å². The van der Waals surface area contributed by atoms with E-state index >= 15 is 0 Å². The second-order valence-corrected chi connectivity index (χ2v) is 5.73. The first-order chi connectivity index (χ1) is 8.20. The van der Waals surface area contributed by atoms with E-state index in [-0.39, 0.29) is 5.92 Å². The zero-order chi connectivity index (χ0) is 12.3. The highest BCUT2D eigenvalue weighted by atomic mass is 16.4. The third-order valence-corrected chi connectivity index (χ3v) is 4.79. The van der Waals surface area contributed by atoms with Crippen LogP contribution in [-0.2, 0) is 4.79 Å². The summed E-state index contributed by atoms with van der Waals surface area (Å²) in [5, 5.41) is 8.98. The van der Waals surface area contributed by atoms with E-state index in [1.54, 1.807) is 0 Å². The summed E-state index contributed by atoms with van der Waals surface area (Å²) in [6, 6.07) is 0.743. The number of carboxylic acid groups (broad SMARTS) is 1. The Bertz CT molecular complexity index is 251. The maximum absolute atomic E-state index is 10.9. The molecule has 1 N–H and O–H groups in total. The fourth-order valence-electron chi connectivity index (χ4n) is 3.43. The highest BCUT2D eigenvalue weighted by molar-refractivity contribution is 5.70. The van der Waals surface area contributed by atoms with Crippen LogP contribution < -0.4 is 0 Å². The van der Waals surface area contributed by atoms with Crippen LogP contribution in [0.3, 0.4) is 0 Å². The van der Waals surface area contributed by atoms with Crippen molar-refractivity contribution in [2.45, 2.75) is 57.9 Å². The van der Waals surface area contributed by atoms with Crippen LogP contribution in [-0.4, -0.2) is 35.1 Å². The maximum Gasteiger partial charge on any atom is 0.306 e. The molecule has 3 nitrogen and oxygen atoms in total. The van der Waals surface area contributed by atoms with Crippen molar-refractivity contribution in [2.75, 3.05) is 13.1 Å². The molecule has 0 amide bonds. The van der Waals surface area contributed by atoms with Gasteiger partial charge in [-0.15, -0.1) is 0 Å². The van der Waals surface area contributed by atoms with Gasteiger partial charge in [0.05, 0.1) is 5.92 Å². The summed E-state index contributed by atoms with van der Waals surface area (Å²) in [6.45, 7) is 4.29. The standard InChI is InChI=1S/C14H25NO2/c1-2-11-3-5-13(6-4-11)15-9-7-12(8-10-15)14(16)17/h11-13H,2-10H2,1H3,(H,16,17). The number of aliphatic carboxylic acids is 1. The molecule has 1 saturated carbocycles. The lowest BCUT2D eigenvalue weighted by Crippen LogP contribution is -2.44. The number of likely N-dealkylation sites (tertiary alicyclic amines) is 1. The molecule has 0 atom stereocenters. The molecule has 0 aromatic heterocycles. The molecule has 0 aromatic carbocycles. The maximum atomic E-state index is 10.9. The van der Waals surface area contributed by atoms with Crippen LogP contribution in [0.4, 0.5) is 0 Å². The first-order valence-corrected chi connectivity index (χ1v) is 7.17. The predicted molar refractivity (Wildman–Crippen MR) is 68.0 cm³/mol. The predicted octanol–water partition coefficient (Wildman–Crippen LogP) is 2.75. The molecular formula is C14H25NO2. The lowest BCUT2D eigenvalue weighted by atomic mass is 9.83. The molecule has 98 valence electrons. The van der Waals surface area contributed by atoms with Crippen molar-refractivity contribution in [1.29, 1.82) is 0 Å². The minimum Gasteiger partial charge on any atom is -0.481 e. The first kappa shape index (κ1) is 12.9. The highest BCUT2D eigenvalue weighted by Gasteiger charge is 2.30. The molecule has 2 rings (SSSR count). The number of carboxylic acids is 1. The van der Waals surface area contributed by atoms with Gasteiger partial charge in [0, 0.05) is 6.04 Å². The summed E-state index contributed by atoms with van der Waals surface area (Å²) in [6.07, 6.45) is 8.44. The Labute approximate surface area is 104 Å². The minimum atomic E-state index is -0.598. The fourth-order valence-corrected chi connectivity index (χ4v) is 3.43. The van der Waals surface area contributed by atoms with Gasteiger partial charge in [0.2, 0.25) is 0 Å². The molecule has 1 aliphatic heterocycles. The van der Waals surface area contributed by atoms with Crippen molar-refractivity contribution in [3.63, 3.8) is 0 Å². The van der Waals surface area contributed by atoms with Crippen molar-refractivity contribution < 1.29 is 9.90 Å². The molecule has 0 aromatic rings. The zero-order valence-electron chi connectivity index (χ0n) is 10.9. The summed E-state index contributed by atoms with van der Waals surface area (Å²) >= 11 is 0. The Morgan fingerprint density at radius 1 is 1.12 bits per heavy atom. The van der Waals surface area contributed by atoms with E-state index in [0.717, 1.165) is 37.9 Å². The molecule has 1 heterocycles. The Morgan fingerprint density at radius 2 is 1.71 bits per heavy atom. The number of piperidine rings is 1. The van der Waals surface area contributed by atoms with Gasteiger partial charge in [-0.25, -0.2) is 0 Å². The van der Waals surface area contributed by atoms with E-state index in [4.69, 9.17) is 5.11 Å². The molecule has 1 saturated heterocycles. The Balaban J connectivity index is 1.76. The van der Waals surface area contributed by atoms with E-state index in [2.05, 4.69) is 11.8 Å². The van der Waals surface area contributed by atoms with Crippen LogP contribution in [0.15, 0.2) is 0 Å². The van der Waals surface area contributed by atoms with Gasteiger partial charge in [0.15, 0.2) is 0 Å². The molecule has 1 aliphatic carbocycles. The second kappa shape index (κ2) is 5.85. The third kappa shape index (κ3) is 3.21. The molecule has 0 spiro atoms. The molecular weight excluding hydrogens is 214 g/mol. The number of hydrogen-bond donors (Lipinski definition) is 1. The molecule has 2 fully saturated rings. The zero-order valence-corrected chi connectivity index (χ0v) is 10.9. The first-order valence-electron chi connectivity index (χ1n) is 7.17. The number of carbonyl (C=O) groups is 1. The smallest absolute Gasteiger partial charge is 0.306 e. The highest BCUT2D eigenvalue weighted by Crippen LogP contribution is 2.31. The van der Waals surface area contributed by atoms with Gasteiger partial charge in [-0.1, -0.05) is 13.3 Å². The van der Waals surface area contributed by atoms with Gasteiger partial charge >= 0.3 is 5.97 Å².